The number of benzene rings is 2. The normalized spacial score (nSPS) is 23.2. The summed E-state index contributed by atoms with van der Waals surface area (Å²) in [6, 6.07) is 13.6. The Balaban J connectivity index is 1.81. The van der Waals surface area contributed by atoms with Crippen molar-refractivity contribution in [1.29, 1.82) is 0 Å². The first kappa shape index (κ1) is 21.0. The third-order valence-electron chi connectivity index (χ3n) is 6.15. The van der Waals surface area contributed by atoms with E-state index in [9.17, 15) is 14.0 Å². The maximum absolute atomic E-state index is 13.6. The number of Topliss-reactive ketones (excluding diaryl/α,β-unsaturated/α-hetero) is 1. The third kappa shape index (κ3) is 3.78. The van der Waals surface area contributed by atoms with Crippen LogP contribution in [-0.2, 0) is 14.3 Å². The van der Waals surface area contributed by atoms with Crippen molar-refractivity contribution in [3.05, 3.63) is 76.7 Å². The van der Waals surface area contributed by atoms with Crippen molar-refractivity contribution >= 4 is 17.5 Å². The fourth-order valence-electron chi connectivity index (χ4n) is 4.75. The molecule has 3 atom stereocenters. The predicted octanol–water partition coefficient (Wildman–Crippen LogP) is 4.58. The molecular formula is C25H24FNO4. The standard InChI is InChI=1S/C25H24FNO4/c1-14-22(25(29)31-3)23(15-8-10-17(26)11-9-15)24-19(27-14)12-16(13-20(24)28)18-6-4-5-7-21(18)30-2/h4-11,16,22-23H,12-13H2,1-3H3/t16-,22?,23-/m1/s1. The Bertz CT molecular complexity index is 1090. The van der Waals surface area contributed by atoms with Crippen molar-refractivity contribution in [2.24, 2.45) is 10.9 Å². The third-order valence-corrected chi connectivity index (χ3v) is 6.15. The quantitative estimate of drug-likeness (QED) is 0.678. The van der Waals surface area contributed by atoms with Crippen molar-refractivity contribution in [3.63, 3.8) is 0 Å². The molecule has 160 valence electrons. The van der Waals surface area contributed by atoms with Gasteiger partial charge in [0, 0.05) is 35.2 Å². The van der Waals surface area contributed by atoms with Crippen molar-refractivity contribution in [1.82, 2.24) is 0 Å². The summed E-state index contributed by atoms with van der Waals surface area (Å²) in [6.07, 6.45) is 0.851. The Morgan fingerprint density at radius 1 is 1.06 bits per heavy atom. The van der Waals surface area contributed by atoms with E-state index < -0.39 is 17.8 Å². The lowest BCUT2D eigenvalue weighted by Gasteiger charge is -2.36. The molecule has 1 aliphatic heterocycles. The summed E-state index contributed by atoms with van der Waals surface area (Å²) in [5.41, 5.74) is 3.46. The maximum Gasteiger partial charge on any atom is 0.315 e. The predicted molar refractivity (Wildman–Crippen MR) is 115 cm³/mol. The van der Waals surface area contributed by atoms with Gasteiger partial charge in [-0.3, -0.25) is 14.6 Å². The second-order valence-corrected chi connectivity index (χ2v) is 7.91. The molecule has 0 amide bonds. The highest BCUT2D eigenvalue weighted by atomic mass is 19.1. The Morgan fingerprint density at radius 3 is 2.45 bits per heavy atom. The molecule has 0 spiro atoms. The molecule has 2 aliphatic rings. The largest absolute Gasteiger partial charge is 0.496 e. The zero-order valence-corrected chi connectivity index (χ0v) is 17.7. The molecule has 4 rings (SSSR count). The number of rotatable bonds is 4. The molecule has 0 N–H and O–H groups in total. The van der Waals surface area contributed by atoms with Gasteiger partial charge in [-0.05, 0) is 42.7 Å². The number of hydrogen-bond acceptors (Lipinski definition) is 5. The van der Waals surface area contributed by atoms with Crippen LogP contribution in [0.3, 0.4) is 0 Å². The lowest BCUT2D eigenvalue weighted by atomic mass is 9.69. The maximum atomic E-state index is 13.6. The molecule has 0 saturated carbocycles. The minimum absolute atomic E-state index is 0.0587. The number of halogens is 1. The topological polar surface area (TPSA) is 65.0 Å². The zero-order valence-electron chi connectivity index (χ0n) is 17.7. The highest BCUT2D eigenvalue weighted by molar-refractivity contribution is 6.09. The summed E-state index contributed by atoms with van der Waals surface area (Å²) in [5, 5.41) is 0. The lowest BCUT2D eigenvalue weighted by Crippen LogP contribution is -2.37. The average Bonchev–Trinajstić information content (AvgIpc) is 2.78. The number of ether oxygens (including phenoxy) is 2. The van der Waals surface area contributed by atoms with Gasteiger partial charge in [-0.15, -0.1) is 0 Å². The number of carbonyl (C=O) groups is 2. The molecular weight excluding hydrogens is 397 g/mol. The van der Waals surface area contributed by atoms with Crippen LogP contribution in [0.1, 0.15) is 42.7 Å². The highest BCUT2D eigenvalue weighted by Gasteiger charge is 2.44. The van der Waals surface area contributed by atoms with Crippen LogP contribution in [0, 0.1) is 11.7 Å². The van der Waals surface area contributed by atoms with Gasteiger partial charge in [0.25, 0.3) is 0 Å². The Hall–Kier alpha value is -3.28. The molecule has 2 aromatic carbocycles. The van der Waals surface area contributed by atoms with Crippen LogP contribution >= 0.6 is 0 Å². The Labute approximate surface area is 180 Å². The van der Waals surface area contributed by atoms with Crippen molar-refractivity contribution in [2.75, 3.05) is 14.2 Å². The second kappa shape index (κ2) is 8.46. The van der Waals surface area contributed by atoms with E-state index in [0.29, 0.717) is 35.4 Å². The number of para-hydroxylation sites is 1. The monoisotopic (exact) mass is 421 g/mol. The van der Waals surface area contributed by atoms with E-state index in [1.54, 1.807) is 26.2 Å². The van der Waals surface area contributed by atoms with E-state index in [1.165, 1.54) is 19.2 Å². The van der Waals surface area contributed by atoms with Gasteiger partial charge in [-0.25, -0.2) is 4.39 Å². The molecule has 6 heteroatoms. The van der Waals surface area contributed by atoms with E-state index in [2.05, 4.69) is 4.99 Å². The SMILES string of the molecule is COC(=O)C1C(C)=NC2=C(C(=O)C[C@H](c3ccccc3OC)C2)[C@@H]1c1ccc(F)cc1. The number of esters is 1. The fraction of sp³-hybridized carbons (Fsp3) is 0.320. The number of hydrogen-bond donors (Lipinski definition) is 0. The average molecular weight is 421 g/mol. The minimum Gasteiger partial charge on any atom is -0.496 e. The van der Waals surface area contributed by atoms with E-state index in [0.717, 1.165) is 11.3 Å². The van der Waals surface area contributed by atoms with Crippen LogP contribution in [0.4, 0.5) is 4.39 Å². The van der Waals surface area contributed by atoms with Crippen LogP contribution in [-0.4, -0.2) is 31.7 Å². The molecule has 0 aromatic heterocycles. The van der Waals surface area contributed by atoms with Crippen LogP contribution in [0.5, 0.6) is 5.75 Å². The molecule has 0 radical (unpaired) electrons. The van der Waals surface area contributed by atoms with Crippen molar-refractivity contribution in [3.8, 4) is 5.75 Å². The van der Waals surface area contributed by atoms with Crippen LogP contribution < -0.4 is 4.74 Å². The van der Waals surface area contributed by atoms with Gasteiger partial charge in [0.2, 0.25) is 0 Å². The van der Waals surface area contributed by atoms with Gasteiger partial charge in [0.15, 0.2) is 5.78 Å². The van der Waals surface area contributed by atoms with Gasteiger partial charge in [0.05, 0.1) is 14.2 Å². The van der Waals surface area contributed by atoms with Crippen LogP contribution in [0.25, 0.3) is 0 Å². The number of ketones is 1. The smallest absolute Gasteiger partial charge is 0.315 e. The summed E-state index contributed by atoms with van der Waals surface area (Å²) in [4.78, 5) is 30.8. The number of methoxy groups -OCH3 is 2. The first-order valence-corrected chi connectivity index (χ1v) is 10.2. The summed E-state index contributed by atoms with van der Waals surface area (Å²) in [6.45, 7) is 1.78. The fourth-order valence-corrected chi connectivity index (χ4v) is 4.75. The summed E-state index contributed by atoms with van der Waals surface area (Å²) < 4.78 is 24.1. The summed E-state index contributed by atoms with van der Waals surface area (Å²) in [7, 11) is 2.93. The summed E-state index contributed by atoms with van der Waals surface area (Å²) >= 11 is 0. The molecule has 5 nitrogen and oxygen atoms in total. The van der Waals surface area contributed by atoms with Gasteiger partial charge < -0.3 is 9.47 Å². The number of carbonyl (C=O) groups excluding carboxylic acids is 2. The zero-order chi connectivity index (χ0) is 22.1. The van der Waals surface area contributed by atoms with E-state index in [4.69, 9.17) is 9.47 Å². The molecule has 0 bridgehead atoms. The van der Waals surface area contributed by atoms with Crippen molar-refractivity contribution < 1.29 is 23.5 Å². The van der Waals surface area contributed by atoms with Gasteiger partial charge in [-0.2, -0.15) is 0 Å². The molecule has 1 unspecified atom stereocenters. The van der Waals surface area contributed by atoms with Gasteiger partial charge in [-0.1, -0.05) is 30.3 Å². The molecule has 1 heterocycles. The van der Waals surface area contributed by atoms with Crippen molar-refractivity contribution in [2.45, 2.75) is 31.6 Å². The molecule has 2 aromatic rings. The first-order chi connectivity index (χ1) is 14.9. The van der Waals surface area contributed by atoms with E-state index in [-0.39, 0.29) is 17.5 Å². The van der Waals surface area contributed by atoms with Gasteiger partial charge in [0.1, 0.15) is 17.5 Å². The second-order valence-electron chi connectivity index (χ2n) is 7.91. The number of aliphatic imine (C=N–C) groups is 1. The highest BCUT2D eigenvalue weighted by Crippen LogP contribution is 2.47. The first-order valence-electron chi connectivity index (χ1n) is 10.2. The van der Waals surface area contributed by atoms with Crippen LogP contribution in [0.2, 0.25) is 0 Å². The lowest BCUT2D eigenvalue weighted by molar-refractivity contribution is -0.143. The number of allylic oxidation sites excluding steroid dienone is 2. The van der Waals surface area contributed by atoms with E-state index in [1.807, 2.05) is 24.3 Å². The Kier molecular flexibility index (Phi) is 5.72. The summed E-state index contributed by atoms with van der Waals surface area (Å²) in [5.74, 6) is -1.49. The van der Waals surface area contributed by atoms with Gasteiger partial charge >= 0.3 is 5.97 Å². The van der Waals surface area contributed by atoms with E-state index >= 15 is 0 Å². The molecule has 0 fully saturated rings. The Morgan fingerprint density at radius 2 is 1.77 bits per heavy atom. The molecule has 1 aliphatic carbocycles. The minimum atomic E-state index is -0.721. The molecule has 0 saturated heterocycles. The number of nitrogens with zero attached hydrogens (tertiary/aromatic N) is 1. The molecule has 31 heavy (non-hydrogen) atoms. The van der Waals surface area contributed by atoms with Crippen LogP contribution in [0.15, 0.2) is 64.8 Å².